The first kappa shape index (κ1) is 18.4. The number of hydrogen-bond donors (Lipinski definition) is 0. The number of hydrogen-bond acceptors (Lipinski definition) is 4. The summed E-state index contributed by atoms with van der Waals surface area (Å²) >= 11 is 0. The predicted molar refractivity (Wildman–Crippen MR) is 102 cm³/mol. The third kappa shape index (κ3) is 3.45. The van der Waals surface area contributed by atoms with Gasteiger partial charge in [-0.1, -0.05) is 42.7 Å². The number of ketones is 1. The minimum atomic E-state index is -0.392. The van der Waals surface area contributed by atoms with E-state index in [1.807, 2.05) is 31.2 Å². The fourth-order valence-corrected chi connectivity index (χ4v) is 4.94. The van der Waals surface area contributed by atoms with Crippen molar-refractivity contribution in [3.8, 4) is 0 Å². The smallest absolute Gasteiger partial charge is 0.237 e. The molecule has 5 heteroatoms. The van der Waals surface area contributed by atoms with Crippen molar-refractivity contribution in [1.82, 2.24) is 9.80 Å². The Bertz CT molecular complexity index is 741. The van der Waals surface area contributed by atoms with Gasteiger partial charge in [0.1, 0.15) is 0 Å². The van der Waals surface area contributed by atoms with E-state index in [9.17, 15) is 14.4 Å². The molecule has 4 rings (SSSR count). The molecule has 1 spiro atoms. The van der Waals surface area contributed by atoms with Gasteiger partial charge in [-0.05, 0) is 32.6 Å². The lowest BCUT2D eigenvalue weighted by Crippen LogP contribution is -2.46. The molecule has 0 bridgehead atoms. The second kappa shape index (κ2) is 7.19. The van der Waals surface area contributed by atoms with Gasteiger partial charge in [-0.2, -0.15) is 0 Å². The number of benzene rings is 1. The van der Waals surface area contributed by atoms with E-state index in [0.717, 1.165) is 62.7 Å². The van der Waals surface area contributed by atoms with Crippen LogP contribution in [-0.4, -0.2) is 47.2 Å². The van der Waals surface area contributed by atoms with Gasteiger partial charge < -0.3 is 0 Å². The van der Waals surface area contributed by atoms with Crippen LogP contribution in [-0.2, 0) is 9.59 Å². The van der Waals surface area contributed by atoms with Crippen molar-refractivity contribution in [1.29, 1.82) is 0 Å². The number of aryl methyl sites for hydroxylation is 1. The molecule has 0 unspecified atom stereocenters. The number of amides is 2. The van der Waals surface area contributed by atoms with Gasteiger partial charge in [0, 0.05) is 31.0 Å². The van der Waals surface area contributed by atoms with E-state index >= 15 is 0 Å². The molecular weight excluding hydrogens is 340 g/mol. The first-order valence-electron chi connectivity index (χ1n) is 10.2. The zero-order chi connectivity index (χ0) is 19.0. The van der Waals surface area contributed by atoms with E-state index in [0.29, 0.717) is 13.1 Å². The maximum Gasteiger partial charge on any atom is 0.237 e. The molecule has 3 fully saturated rings. The number of imide groups is 1. The maximum absolute atomic E-state index is 12.8. The minimum absolute atomic E-state index is 0.0141. The predicted octanol–water partition coefficient (Wildman–Crippen LogP) is 3.17. The molecule has 0 N–H and O–H groups in total. The number of carbonyl (C=O) groups excluding carboxylic acids is 3. The Morgan fingerprint density at radius 3 is 2.33 bits per heavy atom. The van der Waals surface area contributed by atoms with Crippen LogP contribution in [0.5, 0.6) is 0 Å². The van der Waals surface area contributed by atoms with Gasteiger partial charge in [0.25, 0.3) is 0 Å². The van der Waals surface area contributed by atoms with E-state index in [1.54, 1.807) is 0 Å². The summed E-state index contributed by atoms with van der Waals surface area (Å²) < 4.78 is 0. The number of likely N-dealkylation sites (tertiary alicyclic amines) is 2. The Kier molecular flexibility index (Phi) is 4.89. The van der Waals surface area contributed by atoms with Crippen molar-refractivity contribution in [3.05, 3.63) is 35.4 Å². The van der Waals surface area contributed by atoms with Gasteiger partial charge in [0.2, 0.25) is 11.8 Å². The van der Waals surface area contributed by atoms with Crippen molar-refractivity contribution in [2.75, 3.05) is 19.8 Å². The number of piperidine rings is 1. The quantitative estimate of drug-likeness (QED) is 0.605. The van der Waals surface area contributed by atoms with Gasteiger partial charge in [-0.25, -0.2) is 0 Å². The molecule has 0 atom stereocenters. The number of carbonyl (C=O) groups is 3. The summed E-state index contributed by atoms with van der Waals surface area (Å²) in [6.45, 7) is 3.92. The summed E-state index contributed by atoms with van der Waals surface area (Å²) in [6, 6.07) is 7.77. The summed E-state index contributed by atoms with van der Waals surface area (Å²) in [5, 5.41) is 0. The molecule has 0 radical (unpaired) electrons. The van der Waals surface area contributed by atoms with Crippen molar-refractivity contribution < 1.29 is 14.4 Å². The third-order valence-corrected chi connectivity index (χ3v) is 6.69. The fourth-order valence-electron chi connectivity index (χ4n) is 4.94. The molecule has 1 aliphatic carbocycles. The zero-order valence-electron chi connectivity index (χ0n) is 16.1. The van der Waals surface area contributed by atoms with Crippen LogP contribution in [0.4, 0.5) is 0 Å². The third-order valence-electron chi connectivity index (χ3n) is 6.69. The highest BCUT2D eigenvalue weighted by Gasteiger charge is 2.52. The summed E-state index contributed by atoms with van der Waals surface area (Å²) in [5.41, 5.74) is 1.55. The van der Waals surface area contributed by atoms with Crippen molar-refractivity contribution in [2.24, 2.45) is 11.3 Å². The normalized spacial score (nSPS) is 23.5. The summed E-state index contributed by atoms with van der Waals surface area (Å²) in [6.07, 6.45) is 5.80. The Labute approximate surface area is 160 Å². The molecule has 2 amide bonds. The van der Waals surface area contributed by atoms with Crippen LogP contribution in [0.2, 0.25) is 0 Å². The number of rotatable bonds is 4. The standard InChI is InChI=1S/C22H28N2O3/c1-16-4-6-17(7-5-16)20(26)18-8-12-23(13-9-18)15-24-19(25)14-22(21(24)27)10-2-3-11-22/h4-7,18H,2-3,8-15H2,1H3. The van der Waals surface area contributed by atoms with E-state index in [-0.39, 0.29) is 23.5 Å². The van der Waals surface area contributed by atoms with Gasteiger partial charge in [0.15, 0.2) is 5.78 Å². The molecule has 5 nitrogen and oxygen atoms in total. The monoisotopic (exact) mass is 368 g/mol. The van der Waals surface area contributed by atoms with Gasteiger partial charge in [-0.15, -0.1) is 0 Å². The highest BCUT2D eigenvalue weighted by atomic mass is 16.2. The molecule has 2 aliphatic heterocycles. The SMILES string of the molecule is Cc1ccc(C(=O)C2CCN(CN3C(=O)CC4(CCCC4)C3=O)CC2)cc1. The van der Waals surface area contributed by atoms with Gasteiger partial charge in [0.05, 0.1) is 12.1 Å². The van der Waals surface area contributed by atoms with Crippen LogP contribution in [0.15, 0.2) is 24.3 Å². The average molecular weight is 368 g/mol. The lowest BCUT2D eigenvalue weighted by atomic mass is 9.84. The zero-order valence-corrected chi connectivity index (χ0v) is 16.1. The number of nitrogens with zero attached hydrogens (tertiary/aromatic N) is 2. The lowest BCUT2D eigenvalue weighted by Gasteiger charge is -2.33. The van der Waals surface area contributed by atoms with Crippen molar-refractivity contribution in [3.63, 3.8) is 0 Å². The van der Waals surface area contributed by atoms with Crippen molar-refractivity contribution in [2.45, 2.75) is 51.9 Å². The molecule has 27 heavy (non-hydrogen) atoms. The minimum Gasteiger partial charge on any atom is -0.294 e. The van der Waals surface area contributed by atoms with Gasteiger partial charge >= 0.3 is 0 Å². The van der Waals surface area contributed by atoms with E-state index in [2.05, 4.69) is 4.90 Å². The second-order valence-electron chi connectivity index (χ2n) is 8.56. The average Bonchev–Trinajstić information content (AvgIpc) is 3.23. The lowest BCUT2D eigenvalue weighted by molar-refractivity contribution is -0.144. The molecule has 1 aromatic carbocycles. The summed E-state index contributed by atoms with van der Waals surface area (Å²) in [7, 11) is 0. The first-order valence-corrected chi connectivity index (χ1v) is 10.2. The van der Waals surface area contributed by atoms with Crippen LogP contribution >= 0.6 is 0 Å². The molecule has 144 valence electrons. The van der Waals surface area contributed by atoms with Crippen LogP contribution in [0.25, 0.3) is 0 Å². The summed E-state index contributed by atoms with van der Waals surface area (Å²) in [5.74, 6) is 0.283. The molecule has 2 heterocycles. The summed E-state index contributed by atoms with van der Waals surface area (Å²) in [4.78, 5) is 41.6. The van der Waals surface area contributed by atoms with E-state index < -0.39 is 5.41 Å². The first-order chi connectivity index (χ1) is 13.0. The molecule has 3 aliphatic rings. The Hall–Kier alpha value is -2.01. The highest BCUT2D eigenvalue weighted by molar-refractivity contribution is 6.06. The van der Waals surface area contributed by atoms with Crippen LogP contribution in [0.3, 0.4) is 0 Å². The van der Waals surface area contributed by atoms with Crippen LogP contribution < -0.4 is 0 Å². The fraction of sp³-hybridized carbons (Fsp3) is 0.591. The molecular formula is C22H28N2O3. The molecule has 1 aromatic rings. The Morgan fingerprint density at radius 1 is 1.07 bits per heavy atom. The molecule has 2 saturated heterocycles. The van der Waals surface area contributed by atoms with Crippen LogP contribution in [0.1, 0.15) is 60.9 Å². The van der Waals surface area contributed by atoms with E-state index in [4.69, 9.17) is 0 Å². The van der Waals surface area contributed by atoms with E-state index in [1.165, 1.54) is 4.90 Å². The van der Waals surface area contributed by atoms with Gasteiger partial charge in [-0.3, -0.25) is 24.2 Å². The van der Waals surface area contributed by atoms with Crippen molar-refractivity contribution >= 4 is 17.6 Å². The second-order valence-corrected chi connectivity index (χ2v) is 8.56. The Morgan fingerprint density at radius 2 is 1.70 bits per heavy atom. The molecule has 1 saturated carbocycles. The topological polar surface area (TPSA) is 57.7 Å². The highest BCUT2D eigenvalue weighted by Crippen LogP contribution is 2.46. The Balaban J connectivity index is 1.33. The number of Topliss-reactive ketones (excluding diaryl/α,β-unsaturated/α-hetero) is 1. The van der Waals surface area contributed by atoms with Crippen LogP contribution in [0, 0.1) is 18.3 Å². The largest absolute Gasteiger partial charge is 0.294 e. The molecule has 0 aromatic heterocycles. The maximum atomic E-state index is 12.8.